The topological polar surface area (TPSA) is 63.0 Å². The molecule has 2 N–H and O–H groups in total. The molecule has 22 heavy (non-hydrogen) atoms. The number of imidazole rings is 1. The lowest BCUT2D eigenvalue weighted by molar-refractivity contribution is 0.166. The van der Waals surface area contributed by atoms with E-state index in [0.29, 0.717) is 11.8 Å². The van der Waals surface area contributed by atoms with E-state index in [4.69, 9.17) is 4.98 Å². The molecule has 0 radical (unpaired) electrons. The maximum atomic E-state index is 10.3. The Morgan fingerprint density at radius 2 is 2.18 bits per heavy atom. The van der Waals surface area contributed by atoms with Gasteiger partial charge in [-0.25, -0.2) is 9.97 Å². The van der Waals surface area contributed by atoms with Gasteiger partial charge in [0.05, 0.1) is 18.5 Å². The van der Waals surface area contributed by atoms with Crippen molar-refractivity contribution in [2.45, 2.75) is 50.3 Å². The summed E-state index contributed by atoms with van der Waals surface area (Å²) in [4.78, 5) is 8.77. The highest BCUT2D eigenvalue weighted by atomic mass is 16.3. The zero-order valence-electron chi connectivity index (χ0n) is 12.6. The largest absolute Gasteiger partial charge is 0.391 e. The lowest BCUT2D eigenvalue weighted by Crippen LogP contribution is -2.28. The van der Waals surface area contributed by atoms with Crippen LogP contribution < -0.4 is 5.32 Å². The highest BCUT2D eigenvalue weighted by molar-refractivity contribution is 5.38. The number of hydrogen-bond acceptors (Lipinski definition) is 4. The van der Waals surface area contributed by atoms with Crippen LogP contribution >= 0.6 is 0 Å². The van der Waals surface area contributed by atoms with E-state index in [1.54, 1.807) is 6.20 Å². The molecule has 4 rings (SSSR count). The molecule has 2 fully saturated rings. The van der Waals surface area contributed by atoms with Gasteiger partial charge in [0.15, 0.2) is 0 Å². The van der Waals surface area contributed by atoms with Crippen LogP contribution in [-0.4, -0.2) is 31.8 Å². The standard InChI is InChI=1S/C17H22N4O/c22-16-9-12(10-21-7-6-18-11-21)8-15(16)20-17-3-1-2-14(19-17)13-4-5-13/h1-3,6-7,11-13,15-16,22H,4-5,8-10H2,(H,19,20)/t12?,15-,16-/m1/s1. The summed E-state index contributed by atoms with van der Waals surface area (Å²) in [5.41, 5.74) is 1.19. The molecule has 5 heteroatoms. The van der Waals surface area contributed by atoms with Crippen molar-refractivity contribution >= 4 is 5.82 Å². The van der Waals surface area contributed by atoms with Crippen molar-refractivity contribution in [1.29, 1.82) is 0 Å². The van der Waals surface area contributed by atoms with Crippen molar-refractivity contribution in [3.63, 3.8) is 0 Å². The second kappa shape index (κ2) is 5.72. The third kappa shape index (κ3) is 2.99. The Labute approximate surface area is 130 Å². The number of aliphatic hydroxyl groups excluding tert-OH is 1. The molecule has 1 unspecified atom stereocenters. The van der Waals surface area contributed by atoms with Gasteiger partial charge in [-0.05, 0) is 43.7 Å². The number of hydrogen-bond donors (Lipinski definition) is 2. The van der Waals surface area contributed by atoms with Gasteiger partial charge in [0, 0.05) is 30.6 Å². The van der Waals surface area contributed by atoms with Crippen LogP contribution in [0.3, 0.4) is 0 Å². The molecule has 2 aromatic rings. The van der Waals surface area contributed by atoms with Crippen molar-refractivity contribution < 1.29 is 5.11 Å². The summed E-state index contributed by atoms with van der Waals surface area (Å²) in [6.45, 7) is 0.921. The van der Waals surface area contributed by atoms with Crippen LogP contribution in [0.4, 0.5) is 5.82 Å². The Morgan fingerprint density at radius 3 is 2.95 bits per heavy atom. The maximum absolute atomic E-state index is 10.3. The normalized spacial score (nSPS) is 28.0. The summed E-state index contributed by atoms with van der Waals surface area (Å²) in [5.74, 6) is 2.04. The van der Waals surface area contributed by atoms with Crippen LogP contribution in [0.5, 0.6) is 0 Å². The fourth-order valence-electron chi connectivity index (χ4n) is 3.44. The Kier molecular flexibility index (Phi) is 3.58. The molecule has 2 aliphatic rings. The zero-order chi connectivity index (χ0) is 14.9. The van der Waals surface area contributed by atoms with Crippen molar-refractivity contribution in [3.05, 3.63) is 42.6 Å². The third-order valence-corrected chi connectivity index (χ3v) is 4.75. The molecular weight excluding hydrogens is 276 g/mol. The molecule has 2 aromatic heterocycles. The fourth-order valence-corrected chi connectivity index (χ4v) is 3.44. The van der Waals surface area contributed by atoms with Crippen LogP contribution in [-0.2, 0) is 6.54 Å². The van der Waals surface area contributed by atoms with Crippen LogP contribution in [0.25, 0.3) is 0 Å². The molecule has 2 saturated carbocycles. The molecule has 2 aliphatic carbocycles. The van der Waals surface area contributed by atoms with Crippen molar-refractivity contribution in [2.24, 2.45) is 5.92 Å². The predicted octanol–water partition coefficient (Wildman–Crippen LogP) is 2.41. The zero-order valence-corrected chi connectivity index (χ0v) is 12.6. The number of aliphatic hydroxyl groups is 1. The van der Waals surface area contributed by atoms with E-state index in [1.807, 2.05) is 18.6 Å². The molecule has 2 heterocycles. The van der Waals surface area contributed by atoms with E-state index >= 15 is 0 Å². The molecule has 0 aromatic carbocycles. The van der Waals surface area contributed by atoms with Crippen LogP contribution in [0.2, 0.25) is 0 Å². The van der Waals surface area contributed by atoms with Gasteiger partial charge >= 0.3 is 0 Å². The SMILES string of the molecule is O[C@@H]1CC(Cn2ccnc2)C[C@H]1Nc1cccc(C2CC2)n1. The van der Waals surface area contributed by atoms with Gasteiger partial charge in [0.25, 0.3) is 0 Å². The summed E-state index contributed by atoms with van der Waals surface area (Å²) < 4.78 is 2.09. The molecule has 0 spiro atoms. The van der Waals surface area contributed by atoms with Crippen molar-refractivity contribution in [3.8, 4) is 0 Å². The van der Waals surface area contributed by atoms with Gasteiger partial charge in [-0.1, -0.05) is 6.07 Å². The first-order valence-electron chi connectivity index (χ1n) is 8.15. The minimum atomic E-state index is -0.306. The lowest BCUT2D eigenvalue weighted by Gasteiger charge is -2.17. The smallest absolute Gasteiger partial charge is 0.126 e. The average Bonchev–Trinajstić information content (AvgIpc) is 3.15. The van der Waals surface area contributed by atoms with E-state index in [0.717, 1.165) is 25.2 Å². The quantitative estimate of drug-likeness (QED) is 0.890. The molecule has 0 aliphatic heterocycles. The summed E-state index contributed by atoms with van der Waals surface area (Å²) >= 11 is 0. The first-order chi connectivity index (χ1) is 10.8. The monoisotopic (exact) mass is 298 g/mol. The van der Waals surface area contributed by atoms with Gasteiger partial charge in [-0.15, -0.1) is 0 Å². The number of pyridine rings is 1. The molecule has 0 saturated heterocycles. The van der Waals surface area contributed by atoms with E-state index in [-0.39, 0.29) is 12.1 Å². The molecular formula is C17H22N4O. The Bertz CT molecular complexity index is 623. The molecule has 3 atom stereocenters. The molecule has 0 bridgehead atoms. The minimum absolute atomic E-state index is 0.0930. The van der Waals surface area contributed by atoms with Crippen LogP contribution in [0.1, 0.15) is 37.3 Å². The maximum Gasteiger partial charge on any atom is 0.126 e. The van der Waals surface area contributed by atoms with Gasteiger partial charge in [0.1, 0.15) is 5.82 Å². The first kappa shape index (κ1) is 13.8. The van der Waals surface area contributed by atoms with E-state index in [2.05, 4.69) is 27.0 Å². The third-order valence-electron chi connectivity index (χ3n) is 4.75. The second-order valence-electron chi connectivity index (χ2n) is 6.64. The number of aromatic nitrogens is 3. The Hall–Kier alpha value is -1.88. The fraction of sp³-hybridized carbons (Fsp3) is 0.529. The van der Waals surface area contributed by atoms with Gasteiger partial charge < -0.3 is 15.0 Å². The number of nitrogens with one attached hydrogen (secondary N) is 1. The summed E-state index contributed by atoms with van der Waals surface area (Å²) in [6, 6.07) is 6.26. The molecule has 116 valence electrons. The predicted molar refractivity (Wildman–Crippen MR) is 84.6 cm³/mol. The van der Waals surface area contributed by atoms with Gasteiger partial charge in [-0.2, -0.15) is 0 Å². The van der Waals surface area contributed by atoms with Crippen molar-refractivity contribution in [2.75, 3.05) is 5.32 Å². The highest BCUT2D eigenvalue weighted by Crippen LogP contribution is 2.39. The lowest BCUT2D eigenvalue weighted by atomic mass is 10.1. The van der Waals surface area contributed by atoms with Crippen LogP contribution in [0.15, 0.2) is 36.9 Å². The highest BCUT2D eigenvalue weighted by Gasteiger charge is 2.33. The van der Waals surface area contributed by atoms with Crippen LogP contribution in [0, 0.1) is 5.92 Å². The number of nitrogens with zero attached hydrogens (tertiary/aromatic N) is 3. The van der Waals surface area contributed by atoms with Gasteiger partial charge in [0.2, 0.25) is 0 Å². The van der Waals surface area contributed by atoms with Crippen molar-refractivity contribution in [1.82, 2.24) is 14.5 Å². The van der Waals surface area contributed by atoms with E-state index in [9.17, 15) is 5.11 Å². The second-order valence-corrected chi connectivity index (χ2v) is 6.64. The Balaban J connectivity index is 1.39. The summed E-state index contributed by atoms with van der Waals surface area (Å²) in [5, 5.41) is 13.8. The van der Waals surface area contributed by atoms with E-state index < -0.39 is 0 Å². The first-order valence-corrected chi connectivity index (χ1v) is 8.15. The molecule has 5 nitrogen and oxygen atoms in total. The summed E-state index contributed by atoms with van der Waals surface area (Å²) in [6.07, 6.45) is 9.63. The molecule has 0 amide bonds. The Morgan fingerprint density at radius 1 is 1.27 bits per heavy atom. The number of rotatable bonds is 5. The summed E-state index contributed by atoms with van der Waals surface area (Å²) in [7, 11) is 0. The van der Waals surface area contributed by atoms with Gasteiger partial charge in [-0.3, -0.25) is 0 Å². The average molecular weight is 298 g/mol. The number of anilines is 1. The minimum Gasteiger partial charge on any atom is -0.391 e. The van der Waals surface area contributed by atoms with E-state index in [1.165, 1.54) is 18.5 Å².